The summed E-state index contributed by atoms with van der Waals surface area (Å²) in [5, 5.41) is 31.5. The number of nitro benzene ring substituents is 1. The normalized spacial score (nSPS) is 12.2. The lowest BCUT2D eigenvalue weighted by Gasteiger charge is -2.10. The third-order valence-corrected chi connectivity index (χ3v) is 2.24. The van der Waals surface area contributed by atoms with Crippen molar-refractivity contribution in [3.8, 4) is 5.75 Å². The summed E-state index contributed by atoms with van der Waals surface area (Å²) < 4.78 is 5.11. The molecule has 0 aliphatic carbocycles. The van der Waals surface area contributed by atoms with Crippen molar-refractivity contribution >= 4 is 5.69 Å². The molecule has 0 radical (unpaired) electrons. The van der Waals surface area contributed by atoms with Crippen molar-refractivity contribution in [2.75, 3.05) is 20.3 Å². The Morgan fingerprint density at radius 2 is 2.28 bits per heavy atom. The van der Waals surface area contributed by atoms with Gasteiger partial charge in [0.25, 0.3) is 0 Å². The van der Waals surface area contributed by atoms with Crippen LogP contribution >= 0.6 is 0 Å². The second-order valence-electron chi connectivity index (χ2n) is 3.74. The van der Waals surface area contributed by atoms with E-state index in [4.69, 9.17) is 14.9 Å². The fraction of sp³-hybridized carbons (Fsp3) is 0.455. The molecule has 1 rings (SSSR count). The molecular formula is C11H16N2O5. The van der Waals surface area contributed by atoms with Crippen LogP contribution in [0.4, 0.5) is 5.69 Å². The average molecular weight is 256 g/mol. The van der Waals surface area contributed by atoms with Crippen molar-refractivity contribution in [1.82, 2.24) is 5.32 Å². The number of hydrogen-bond donors (Lipinski definition) is 3. The highest BCUT2D eigenvalue weighted by Crippen LogP contribution is 2.28. The molecule has 0 saturated heterocycles. The fourth-order valence-corrected chi connectivity index (χ4v) is 1.38. The molecule has 0 spiro atoms. The lowest BCUT2D eigenvalue weighted by atomic mass is 10.2. The molecule has 1 aromatic carbocycles. The number of nitro groups is 1. The van der Waals surface area contributed by atoms with Gasteiger partial charge in [-0.25, -0.2) is 0 Å². The van der Waals surface area contributed by atoms with Crippen molar-refractivity contribution in [1.29, 1.82) is 0 Å². The van der Waals surface area contributed by atoms with Crippen LogP contribution in [0.25, 0.3) is 0 Å². The molecule has 1 atom stereocenters. The van der Waals surface area contributed by atoms with Crippen LogP contribution in [0.1, 0.15) is 5.56 Å². The van der Waals surface area contributed by atoms with Gasteiger partial charge in [-0.05, 0) is 18.7 Å². The second kappa shape index (κ2) is 6.90. The Morgan fingerprint density at radius 3 is 2.83 bits per heavy atom. The number of hydrogen-bond acceptors (Lipinski definition) is 6. The molecule has 100 valence electrons. The molecule has 0 fully saturated rings. The molecular weight excluding hydrogens is 240 g/mol. The van der Waals surface area contributed by atoms with Crippen molar-refractivity contribution in [3.63, 3.8) is 0 Å². The van der Waals surface area contributed by atoms with Gasteiger partial charge in [0.05, 0.1) is 11.5 Å². The number of aliphatic hydroxyl groups excluding tert-OH is 2. The first-order chi connectivity index (χ1) is 8.58. The molecule has 0 amide bonds. The Hall–Kier alpha value is -1.70. The van der Waals surface area contributed by atoms with E-state index in [0.29, 0.717) is 6.54 Å². The molecule has 7 heteroatoms. The SMILES string of the molecule is CNCc1ccc(OCC(O)CO)c([N+](=O)[O-])c1. The number of aliphatic hydroxyl groups is 2. The summed E-state index contributed by atoms with van der Waals surface area (Å²) >= 11 is 0. The van der Waals surface area contributed by atoms with Crippen LogP contribution in [0.15, 0.2) is 18.2 Å². The van der Waals surface area contributed by atoms with E-state index >= 15 is 0 Å². The molecule has 1 unspecified atom stereocenters. The zero-order valence-corrected chi connectivity index (χ0v) is 10.00. The van der Waals surface area contributed by atoms with E-state index in [-0.39, 0.29) is 18.0 Å². The Balaban J connectivity index is 2.86. The Morgan fingerprint density at radius 1 is 1.56 bits per heavy atom. The number of nitrogens with zero attached hydrogens (tertiary/aromatic N) is 1. The van der Waals surface area contributed by atoms with E-state index in [1.807, 2.05) is 0 Å². The number of benzene rings is 1. The van der Waals surface area contributed by atoms with E-state index in [1.165, 1.54) is 12.1 Å². The van der Waals surface area contributed by atoms with Gasteiger partial charge in [0.1, 0.15) is 12.7 Å². The minimum Gasteiger partial charge on any atom is -0.484 e. The summed E-state index contributed by atoms with van der Waals surface area (Å²) in [6.45, 7) is -0.130. The number of ether oxygens (including phenoxy) is 1. The monoisotopic (exact) mass is 256 g/mol. The topological polar surface area (TPSA) is 105 Å². The highest BCUT2D eigenvalue weighted by atomic mass is 16.6. The van der Waals surface area contributed by atoms with Crippen LogP contribution in [0.2, 0.25) is 0 Å². The molecule has 18 heavy (non-hydrogen) atoms. The molecule has 0 bridgehead atoms. The Labute approximate surface area is 104 Å². The highest BCUT2D eigenvalue weighted by Gasteiger charge is 2.16. The average Bonchev–Trinajstić information content (AvgIpc) is 2.36. The van der Waals surface area contributed by atoms with E-state index in [1.54, 1.807) is 13.1 Å². The van der Waals surface area contributed by atoms with E-state index in [9.17, 15) is 10.1 Å². The summed E-state index contributed by atoms with van der Waals surface area (Å²) in [7, 11) is 1.74. The highest BCUT2D eigenvalue weighted by molar-refractivity contribution is 5.48. The zero-order chi connectivity index (χ0) is 13.5. The quantitative estimate of drug-likeness (QED) is 0.470. The maximum Gasteiger partial charge on any atom is 0.311 e. The van der Waals surface area contributed by atoms with Crippen LogP contribution in [-0.2, 0) is 6.54 Å². The fourth-order valence-electron chi connectivity index (χ4n) is 1.38. The standard InChI is InChI=1S/C11H16N2O5/c1-12-5-8-2-3-11(10(4-8)13(16)17)18-7-9(15)6-14/h2-4,9,12,14-15H,5-7H2,1H3. The molecule has 7 nitrogen and oxygen atoms in total. The van der Waals surface area contributed by atoms with Gasteiger partial charge >= 0.3 is 5.69 Å². The van der Waals surface area contributed by atoms with E-state index in [0.717, 1.165) is 5.56 Å². The minimum absolute atomic E-state index is 0.0763. The summed E-state index contributed by atoms with van der Waals surface area (Å²) in [5.41, 5.74) is 0.604. The molecule has 1 aromatic rings. The Bertz CT molecular complexity index is 410. The van der Waals surface area contributed by atoms with Gasteiger partial charge in [-0.15, -0.1) is 0 Å². The maximum absolute atomic E-state index is 10.9. The predicted octanol–water partition coefficient (Wildman–Crippen LogP) is 0.0462. The first-order valence-electron chi connectivity index (χ1n) is 5.42. The second-order valence-corrected chi connectivity index (χ2v) is 3.74. The van der Waals surface area contributed by atoms with Crippen molar-refractivity contribution in [3.05, 3.63) is 33.9 Å². The molecule has 0 aromatic heterocycles. The number of rotatable bonds is 7. The van der Waals surface area contributed by atoms with Gasteiger partial charge in [0.15, 0.2) is 5.75 Å². The zero-order valence-electron chi connectivity index (χ0n) is 10.00. The van der Waals surface area contributed by atoms with Crippen molar-refractivity contribution in [2.45, 2.75) is 12.6 Å². The van der Waals surface area contributed by atoms with Gasteiger partial charge in [0.2, 0.25) is 0 Å². The van der Waals surface area contributed by atoms with Gasteiger partial charge in [-0.1, -0.05) is 6.07 Å². The lowest BCUT2D eigenvalue weighted by molar-refractivity contribution is -0.386. The van der Waals surface area contributed by atoms with Gasteiger partial charge in [0, 0.05) is 12.6 Å². The maximum atomic E-state index is 10.9. The molecule has 3 N–H and O–H groups in total. The smallest absolute Gasteiger partial charge is 0.311 e. The van der Waals surface area contributed by atoms with Crippen LogP contribution in [0.5, 0.6) is 5.75 Å². The number of nitrogens with one attached hydrogen (secondary N) is 1. The molecule has 0 saturated carbocycles. The molecule has 0 heterocycles. The van der Waals surface area contributed by atoms with Gasteiger partial charge in [-0.2, -0.15) is 0 Å². The van der Waals surface area contributed by atoms with E-state index in [2.05, 4.69) is 5.32 Å². The third kappa shape index (κ3) is 3.95. The van der Waals surface area contributed by atoms with Crippen LogP contribution < -0.4 is 10.1 Å². The third-order valence-electron chi connectivity index (χ3n) is 2.24. The van der Waals surface area contributed by atoms with Crippen LogP contribution in [0.3, 0.4) is 0 Å². The first kappa shape index (κ1) is 14.4. The van der Waals surface area contributed by atoms with Gasteiger partial charge < -0.3 is 20.3 Å². The van der Waals surface area contributed by atoms with Gasteiger partial charge in [-0.3, -0.25) is 10.1 Å². The van der Waals surface area contributed by atoms with E-state index < -0.39 is 17.6 Å². The molecule has 0 aliphatic rings. The predicted molar refractivity (Wildman–Crippen MR) is 64.4 cm³/mol. The summed E-state index contributed by atoms with van der Waals surface area (Å²) in [5.74, 6) is 0.0763. The summed E-state index contributed by atoms with van der Waals surface area (Å²) in [4.78, 5) is 10.3. The van der Waals surface area contributed by atoms with Crippen LogP contribution in [0, 0.1) is 10.1 Å². The largest absolute Gasteiger partial charge is 0.484 e. The lowest BCUT2D eigenvalue weighted by Crippen LogP contribution is -2.21. The first-order valence-corrected chi connectivity index (χ1v) is 5.42. The van der Waals surface area contributed by atoms with Crippen molar-refractivity contribution in [2.24, 2.45) is 0 Å². The summed E-state index contributed by atoms with van der Waals surface area (Å²) in [6, 6.07) is 4.59. The summed E-state index contributed by atoms with van der Waals surface area (Å²) in [6.07, 6.45) is -1.05. The van der Waals surface area contributed by atoms with Crippen molar-refractivity contribution < 1.29 is 19.9 Å². The Kier molecular flexibility index (Phi) is 5.50. The molecule has 0 aliphatic heterocycles. The van der Waals surface area contributed by atoms with Crippen LogP contribution in [-0.4, -0.2) is 41.5 Å². The minimum atomic E-state index is -1.05.